The lowest BCUT2D eigenvalue weighted by molar-refractivity contribution is -0.132. The normalized spacial score (nSPS) is 11.2. The minimum absolute atomic E-state index is 0.247. The Kier molecular flexibility index (Phi) is 4.62. The molecule has 0 amide bonds. The summed E-state index contributed by atoms with van der Waals surface area (Å²) in [5, 5.41) is 2.24. The zero-order valence-corrected chi connectivity index (χ0v) is 15.8. The van der Waals surface area contributed by atoms with Crippen molar-refractivity contribution < 1.29 is 13.9 Å². The molecule has 0 atom stereocenters. The Morgan fingerprint density at radius 3 is 2.48 bits per heavy atom. The molecule has 0 aliphatic heterocycles. The van der Waals surface area contributed by atoms with E-state index < -0.39 is 0 Å². The average molecular weight is 379 g/mol. The number of rotatable bonds is 4. The van der Waals surface area contributed by atoms with Gasteiger partial charge in [-0.1, -0.05) is 30.3 Å². The van der Waals surface area contributed by atoms with Gasteiger partial charge in [-0.05, 0) is 42.2 Å². The molecule has 1 aromatic heterocycles. The molecule has 0 radical (unpaired) electrons. The van der Waals surface area contributed by atoms with Crippen molar-refractivity contribution in [1.29, 1.82) is 0 Å². The van der Waals surface area contributed by atoms with E-state index in [1.807, 2.05) is 30.5 Å². The first-order valence-corrected chi connectivity index (χ1v) is 9.81. The molecule has 1 heterocycles. The van der Waals surface area contributed by atoms with Crippen LogP contribution in [0.3, 0.4) is 0 Å². The second-order valence-electron chi connectivity index (χ2n) is 6.32. The van der Waals surface area contributed by atoms with Crippen molar-refractivity contribution >= 4 is 39.5 Å². The van der Waals surface area contributed by atoms with Crippen molar-refractivity contribution in [3.05, 3.63) is 72.0 Å². The van der Waals surface area contributed by atoms with Crippen LogP contribution >= 0.6 is 11.8 Å². The number of benzene rings is 3. The highest BCUT2D eigenvalue weighted by molar-refractivity contribution is 7.99. The molecule has 0 spiro atoms. The molecule has 0 bridgehead atoms. The molecular weight excluding hydrogens is 361 g/mol. The van der Waals surface area contributed by atoms with Gasteiger partial charge in [0.25, 0.3) is 0 Å². The van der Waals surface area contributed by atoms with Crippen molar-refractivity contribution in [2.24, 2.45) is 0 Å². The highest BCUT2D eigenvalue weighted by Crippen LogP contribution is 2.40. The predicted octanol–water partition coefficient (Wildman–Crippen LogP) is 5.63. The number of hydrogen-bond donors (Lipinski definition) is 0. The van der Waals surface area contributed by atoms with Gasteiger partial charge in [-0.3, -0.25) is 4.79 Å². The van der Waals surface area contributed by atoms with E-state index in [9.17, 15) is 9.18 Å². The van der Waals surface area contributed by atoms with Crippen molar-refractivity contribution in [2.45, 2.75) is 18.4 Å². The first-order valence-electron chi connectivity index (χ1n) is 8.59. The number of esters is 1. The molecule has 4 aromatic rings. The van der Waals surface area contributed by atoms with E-state index in [0.29, 0.717) is 12.3 Å². The third kappa shape index (κ3) is 3.19. The molecule has 0 fully saturated rings. The molecule has 0 aliphatic rings. The van der Waals surface area contributed by atoms with Crippen molar-refractivity contribution in [3.63, 3.8) is 0 Å². The summed E-state index contributed by atoms with van der Waals surface area (Å²) in [7, 11) is 0. The SMILES string of the molecule is CSc1c(OC(C)=O)ccc2c3ccccc3n(Cc3ccc(F)cc3)c12. The molecule has 3 aromatic carbocycles. The van der Waals surface area contributed by atoms with Crippen LogP contribution in [0.5, 0.6) is 5.75 Å². The van der Waals surface area contributed by atoms with Crippen LogP contribution in [0.2, 0.25) is 0 Å². The van der Waals surface area contributed by atoms with E-state index in [0.717, 1.165) is 32.3 Å². The molecule has 5 heteroatoms. The number of thioether (sulfide) groups is 1. The lowest BCUT2D eigenvalue weighted by atomic mass is 10.1. The van der Waals surface area contributed by atoms with Gasteiger partial charge in [0.2, 0.25) is 0 Å². The molecule has 3 nitrogen and oxygen atoms in total. The molecule has 136 valence electrons. The van der Waals surface area contributed by atoms with Crippen LogP contribution in [-0.2, 0) is 11.3 Å². The maximum Gasteiger partial charge on any atom is 0.308 e. The Bertz CT molecular complexity index is 1150. The van der Waals surface area contributed by atoms with Gasteiger partial charge in [0, 0.05) is 29.8 Å². The smallest absolute Gasteiger partial charge is 0.308 e. The minimum Gasteiger partial charge on any atom is -0.425 e. The van der Waals surface area contributed by atoms with Crippen LogP contribution in [-0.4, -0.2) is 16.8 Å². The van der Waals surface area contributed by atoms with E-state index in [2.05, 4.69) is 16.7 Å². The molecule has 0 aliphatic carbocycles. The fourth-order valence-corrected chi connectivity index (χ4v) is 4.19. The van der Waals surface area contributed by atoms with Crippen LogP contribution < -0.4 is 4.74 Å². The number of fused-ring (bicyclic) bond motifs is 3. The number of carbonyl (C=O) groups is 1. The Morgan fingerprint density at radius 2 is 1.78 bits per heavy atom. The second kappa shape index (κ2) is 7.08. The van der Waals surface area contributed by atoms with Gasteiger partial charge in [0.05, 0.1) is 10.4 Å². The number of carbonyl (C=O) groups excluding carboxylic acids is 1. The zero-order chi connectivity index (χ0) is 19.0. The van der Waals surface area contributed by atoms with Crippen molar-refractivity contribution in [1.82, 2.24) is 4.57 Å². The van der Waals surface area contributed by atoms with Crippen LogP contribution in [0.1, 0.15) is 12.5 Å². The van der Waals surface area contributed by atoms with Crippen LogP contribution in [0.25, 0.3) is 21.8 Å². The molecule has 4 rings (SSSR count). The lowest BCUT2D eigenvalue weighted by Gasteiger charge is -2.13. The summed E-state index contributed by atoms with van der Waals surface area (Å²) in [4.78, 5) is 12.4. The molecule has 0 saturated carbocycles. The van der Waals surface area contributed by atoms with Gasteiger partial charge in [-0.15, -0.1) is 11.8 Å². The van der Waals surface area contributed by atoms with Gasteiger partial charge in [0.15, 0.2) is 0 Å². The lowest BCUT2D eigenvalue weighted by Crippen LogP contribution is -2.04. The summed E-state index contributed by atoms with van der Waals surface area (Å²) < 4.78 is 20.9. The van der Waals surface area contributed by atoms with Crippen LogP contribution in [0.15, 0.2) is 65.6 Å². The first-order chi connectivity index (χ1) is 13.1. The summed E-state index contributed by atoms with van der Waals surface area (Å²) in [6.07, 6.45) is 1.97. The Labute approximate surface area is 160 Å². The van der Waals surface area contributed by atoms with E-state index in [1.54, 1.807) is 23.9 Å². The molecular formula is C22H18FNO2S. The number of halogens is 1. The monoisotopic (exact) mass is 379 g/mol. The number of nitrogens with zero attached hydrogens (tertiary/aromatic N) is 1. The summed E-state index contributed by atoms with van der Waals surface area (Å²) in [6.45, 7) is 2.00. The third-order valence-corrected chi connectivity index (χ3v) is 5.36. The minimum atomic E-state index is -0.342. The second-order valence-corrected chi connectivity index (χ2v) is 7.13. The summed E-state index contributed by atoms with van der Waals surface area (Å²) >= 11 is 1.55. The Morgan fingerprint density at radius 1 is 1.04 bits per heavy atom. The summed E-state index contributed by atoms with van der Waals surface area (Å²) in [5.74, 6) is -0.0283. The fourth-order valence-electron chi connectivity index (χ4n) is 3.46. The number of para-hydroxylation sites is 1. The van der Waals surface area contributed by atoms with E-state index in [1.165, 1.54) is 19.1 Å². The Balaban J connectivity index is 2.00. The van der Waals surface area contributed by atoms with Gasteiger partial charge < -0.3 is 9.30 Å². The van der Waals surface area contributed by atoms with Crippen molar-refractivity contribution in [2.75, 3.05) is 6.26 Å². The van der Waals surface area contributed by atoms with E-state index >= 15 is 0 Å². The van der Waals surface area contributed by atoms with Crippen LogP contribution in [0, 0.1) is 5.82 Å². The molecule has 0 unspecified atom stereocenters. The first kappa shape index (κ1) is 17.6. The van der Waals surface area contributed by atoms with E-state index in [-0.39, 0.29) is 11.8 Å². The highest BCUT2D eigenvalue weighted by atomic mass is 32.2. The molecule has 0 saturated heterocycles. The summed E-state index contributed by atoms with van der Waals surface area (Å²) in [5.41, 5.74) is 3.11. The highest BCUT2D eigenvalue weighted by Gasteiger charge is 2.18. The van der Waals surface area contributed by atoms with Gasteiger partial charge in [-0.25, -0.2) is 4.39 Å². The largest absolute Gasteiger partial charge is 0.425 e. The maximum atomic E-state index is 13.3. The predicted molar refractivity (Wildman–Crippen MR) is 108 cm³/mol. The van der Waals surface area contributed by atoms with Crippen LogP contribution in [0.4, 0.5) is 4.39 Å². The van der Waals surface area contributed by atoms with Crippen molar-refractivity contribution in [3.8, 4) is 5.75 Å². The summed E-state index contributed by atoms with van der Waals surface area (Å²) in [6, 6.07) is 18.6. The molecule has 27 heavy (non-hydrogen) atoms. The average Bonchev–Trinajstić information content (AvgIpc) is 2.97. The van der Waals surface area contributed by atoms with Gasteiger partial charge in [0.1, 0.15) is 11.6 Å². The quantitative estimate of drug-likeness (QED) is 0.262. The molecule has 0 N–H and O–H groups in total. The fraction of sp³-hybridized carbons (Fsp3) is 0.136. The standard InChI is InChI=1S/C22H18FNO2S/c1-14(25)26-20-12-11-18-17-5-3-4-6-19(17)24(21(18)22(20)27-2)13-15-7-9-16(23)10-8-15/h3-12H,13H2,1-2H3. The number of hydrogen-bond acceptors (Lipinski definition) is 3. The maximum absolute atomic E-state index is 13.3. The topological polar surface area (TPSA) is 31.2 Å². The number of ether oxygens (including phenoxy) is 1. The number of aromatic nitrogens is 1. The zero-order valence-electron chi connectivity index (χ0n) is 15.0. The Hall–Kier alpha value is -2.79. The van der Waals surface area contributed by atoms with Gasteiger partial charge in [-0.2, -0.15) is 0 Å². The van der Waals surface area contributed by atoms with E-state index in [4.69, 9.17) is 4.74 Å². The third-order valence-electron chi connectivity index (χ3n) is 4.56. The van der Waals surface area contributed by atoms with Gasteiger partial charge >= 0.3 is 5.97 Å².